The van der Waals surface area contributed by atoms with E-state index in [2.05, 4.69) is 20.6 Å². The Bertz CT molecular complexity index is 1010. The number of hydrogen-bond acceptors (Lipinski definition) is 7. The van der Waals surface area contributed by atoms with Gasteiger partial charge in [-0.3, -0.25) is 0 Å². The van der Waals surface area contributed by atoms with E-state index >= 15 is 0 Å². The normalized spacial score (nSPS) is 25.3. The van der Waals surface area contributed by atoms with E-state index < -0.39 is 26.5 Å². The summed E-state index contributed by atoms with van der Waals surface area (Å²) in [5.74, 6) is 0.584. The van der Waals surface area contributed by atoms with Crippen molar-refractivity contribution >= 4 is 15.5 Å². The van der Waals surface area contributed by atoms with Crippen molar-refractivity contribution in [3.05, 3.63) is 17.7 Å². The maximum atomic E-state index is 13.6. The molecular formula is C17H21F3N6O2S. The van der Waals surface area contributed by atoms with Gasteiger partial charge in [0, 0.05) is 31.1 Å². The number of nitrogens with one attached hydrogen (secondary N) is 1. The zero-order valence-electron chi connectivity index (χ0n) is 15.6. The van der Waals surface area contributed by atoms with Gasteiger partial charge in [-0.25, -0.2) is 13.5 Å². The summed E-state index contributed by atoms with van der Waals surface area (Å²) in [7, 11) is -4.24. The molecule has 12 heteroatoms. The highest BCUT2D eigenvalue weighted by atomic mass is 32.2. The van der Waals surface area contributed by atoms with Crippen LogP contribution >= 0.6 is 0 Å². The minimum Gasteiger partial charge on any atom is -0.370 e. The van der Waals surface area contributed by atoms with Crippen LogP contribution in [0.5, 0.6) is 0 Å². The number of anilines is 1. The summed E-state index contributed by atoms with van der Waals surface area (Å²) in [6.07, 6.45) is -1.38. The van der Waals surface area contributed by atoms with Crippen LogP contribution in [0.15, 0.2) is 17.0 Å². The van der Waals surface area contributed by atoms with Gasteiger partial charge in [0.25, 0.3) is 0 Å². The first kappa shape index (κ1) is 20.1. The quantitative estimate of drug-likeness (QED) is 0.763. The first-order valence-corrected chi connectivity index (χ1v) is 11.1. The maximum Gasteiger partial charge on any atom is 0.417 e. The van der Waals surface area contributed by atoms with Gasteiger partial charge in [0.2, 0.25) is 0 Å². The van der Waals surface area contributed by atoms with E-state index in [0.717, 1.165) is 31.6 Å². The van der Waals surface area contributed by atoms with Crippen LogP contribution in [-0.2, 0) is 16.0 Å². The number of alkyl halides is 3. The Kier molecular flexibility index (Phi) is 4.80. The van der Waals surface area contributed by atoms with Gasteiger partial charge in [-0.2, -0.15) is 13.2 Å². The van der Waals surface area contributed by atoms with Gasteiger partial charge in [0.1, 0.15) is 0 Å². The van der Waals surface area contributed by atoms with Crippen LogP contribution in [-0.4, -0.2) is 54.4 Å². The molecule has 0 spiro atoms. The number of halogens is 3. The Morgan fingerprint density at radius 3 is 2.55 bits per heavy atom. The average Bonchev–Trinajstić information content (AvgIpc) is 3.28. The van der Waals surface area contributed by atoms with Crippen molar-refractivity contribution in [1.29, 1.82) is 0 Å². The highest BCUT2D eigenvalue weighted by molar-refractivity contribution is 7.91. The zero-order valence-corrected chi connectivity index (χ0v) is 16.5. The molecular weight excluding hydrogens is 409 g/mol. The van der Waals surface area contributed by atoms with E-state index in [1.54, 1.807) is 0 Å². The molecule has 2 heterocycles. The lowest BCUT2D eigenvalue weighted by atomic mass is 9.79. The summed E-state index contributed by atoms with van der Waals surface area (Å²) in [6, 6.07) is 2.26. The molecule has 29 heavy (non-hydrogen) atoms. The number of nitrogens with zero attached hydrogens (tertiary/aromatic N) is 4. The number of nitrogens with two attached hydrogens (primary N) is 1. The summed E-state index contributed by atoms with van der Waals surface area (Å²) in [6.45, 7) is 1.22. The van der Waals surface area contributed by atoms with Gasteiger partial charge in [0.05, 0.1) is 16.0 Å². The molecule has 1 saturated heterocycles. The molecule has 1 aliphatic heterocycles. The van der Waals surface area contributed by atoms with E-state index in [9.17, 15) is 21.6 Å². The van der Waals surface area contributed by atoms with Crippen molar-refractivity contribution in [1.82, 2.24) is 20.6 Å². The lowest BCUT2D eigenvalue weighted by Crippen LogP contribution is -2.32. The lowest BCUT2D eigenvalue weighted by Gasteiger charge is -2.27. The third-order valence-corrected chi connectivity index (χ3v) is 6.99. The lowest BCUT2D eigenvalue weighted by molar-refractivity contribution is -0.139. The molecule has 1 saturated carbocycles. The Labute approximate surface area is 165 Å². The van der Waals surface area contributed by atoms with E-state index in [4.69, 9.17) is 5.73 Å². The topological polar surface area (TPSA) is 118 Å². The van der Waals surface area contributed by atoms with E-state index in [-0.39, 0.29) is 17.4 Å². The number of aromatic amines is 1. The van der Waals surface area contributed by atoms with Crippen LogP contribution in [0.2, 0.25) is 0 Å². The van der Waals surface area contributed by atoms with Crippen molar-refractivity contribution < 1.29 is 21.6 Å². The second-order valence-corrected chi connectivity index (χ2v) is 9.81. The molecule has 158 valence electrons. The number of aromatic nitrogens is 4. The van der Waals surface area contributed by atoms with Crippen molar-refractivity contribution in [2.45, 2.75) is 36.4 Å². The minimum atomic E-state index is -4.84. The minimum absolute atomic E-state index is 0.113. The molecule has 1 aromatic carbocycles. The van der Waals surface area contributed by atoms with Crippen LogP contribution in [0, 0.1) is 11.8 Å². The highest BCUT2D eigenvalue weighted by Gasteiger charge is 2.42. The SMILES string of the molecule is CS(=O)(=O)c1c(C(F)(F)F)ccc(N2CC3CCC(N)CC3C2)c1-c1nnn[nH]1. The number of benzene rings is 1. The van der Waals surface area contributed by atoms with Gasteiger partial charge >= 0.3 is 6.18 Å². The highest BCUT2D eigenvalue weighted by Crippen LogP contribution is 2.46. The summed E-state index contributed by atoms with van der Waals surface area (Å²) >= 11 is 0. The first-order valence-electron chi connectivity index (χ1n) is 9.24. The molecule has 2 fully saturated rings. The first-order chi connectivity index (χ1) is 13.6. The monoisotopic (exact) mass is 430 g/mol. The second-order valence-electron chi connectivity index (χ2n) is 7.85. The van der Waals surface area contributed by atoms with Gasteiger partial charge in [-0.1, -0.05) is 0 Å². The molecule has 2 aliphatic rings. The van der Waals surface area contributed by atoms with Crippen LogP contribution in [0.25, 0.3) is 11.4 Å². The van der Waals surface area contributed by atoms with Crippen LogP contribution < -0.4 is 10.6 Å². The zero-order chi connectivity index (χ0) is 21.0. The molecule has 1 aliphatic carbocycles. The Hall–Kier alpha value is -2.21. The Morgan fingerprint density at radius 2 is 1.93 bits per heavy atom. The number of tetrazole rings is 1. The number of hydrogen-bond donors (Lipinski definition) is 2. The Morgan fingerprint density at radius 1 is 1.21 bits per heavy atom. The van der Waals surface area contributed by atoms with Crippen LogP contribution in [0.4, 0.5) is 18.9 Å². The fourth-order valence-corrected chi connectivity index (χ4v) is 5.76. The molecule has 0 bridgehead atoms. The molecule has 1 aromatic heterocycles. The fourth-order valence-electron chi connectivity index (χ4n) is 4.60. The number of sulfone groups is 1. The summed E-state index contributed by atoms with van der Waals surface area (Å²) in [4.78, 5) is 1.12. The predicted octanol–water partition coefficient (Wildman–Crippen LogP) is 1.85. The van der Waals surface area contributed by atoms with Crippen molar-refractivity contribution in [3.8, 4) is 11.4 Å². The van der Waals surface area contributed by atoms with E-state index in [0.29, 0.717) is 30.6 Å². The number of fused-ring (bicyclic) bond motifs is 1. The van der Waals surface area contributed by atoms with E-state index in [1.807, 2.05) is 4.90 Å². The largest absolute Gasteiger partial charge is 0.417 e. The molecule has 0 radical (unpaired) electrons. The molecule has 0 amide bonds. The van der Waals surface area contributed by atoms with Gasteiger partial charge in [-0.15, -0.1) is 5.10 Å². The molecule has 2 aromatic rings. The molecule has 3 N–H and O–H groups in total. The van der Waals surface area contributed by atoms with Crippen LogP contribution in [0.1, 0.15) is 24.8 Å². The van der Waals surface area contributed by atoms with Crippen molar-refractivity contribution in [3.63, 3.8) is 0 Å². The average molecular weight is 430 g/mol. The number of H-pyrrole nitrogens is 1. The third kappa shape index (κ3) is 3.70. The van der Waals surface area contributed by atoms with E-state index in [1.165, 1.54) is 6.07 Å². The molecule has 3 atom stereocenters. The fraction of sp³-hybridized carbons (Fsp3) is 0.588. The maximum absolute atomic E-state index is 13.6. The Balaban J connectivity index is 1.89. The molecule has 3 unspecified atom stereocenters. The van der Waals surface area contributed by atoms with Gasteiger partial charge < -0.3 is 10.6 Å². The second kappa shape index (κ2) is 6.94. The standard InChI is InChI=1S/C17H21F3N6O2S/c1-29(27,28)15-12(17(18,19)20)4-5-13(14(15)16-22-24-25-23-16)26-7-9-2-3-11(21)6-10(9)8-26/h4-5,9-11H,2-3,6-8,21H2,1H3,(H,22,23,24,25). The van der Waals surface area contributed by atoms with Crippen molar-refractivity contribution in [2.75, 3.05) is 24.2 Å². The smallest absolute Gasteiger partial charge is 0.370 e. The van der Waals surface area contributed by atoms with Gasteiger partial charge in [0.15, 0.2) is 15.7 Å². The summed E-state index contributed by atoms with van der Waals surface area (Å²) < 4.78 is 65.8. The van der Waals surface area contributed by atoms with Gasteiger partial charge in [-0.05, 0) is 53.7 Å². The predicted molar refractivity (Wildman–Crippen MR) is 98.7 cm³/mol. The summed E-state index contributed by atoms with van der Waals surface area (Å²) in [5, 5.41) is 13.0. The van der Waals surface area contributed by atoms with Crippen LogP contribution in [0.3, 0.4) is 0 Å². The third-order valence-electron chi connectivity index (χ3n) is 5.82. The number of rotatable bonds is 3. The molecule has 8 nitrogen and oxygen atoms in total. The molecule has 4 rings (SSSR count). The summed E-state index contributed by atoms with van der Waals surface area (Å²) in [5.41, 5.74) is 5.08. The van der Waals surface area contributed by atoms with Crippen molar-refractivity contribution in [2.24, 2.45) is 17.6 Å².